The molecular formula is C13H17FN2O2. The standard InChI is InChI=1S/C13H17FN2O2/c1-8(16-10-6-13(17)15-7-10)9-3-4-11(14)12(5-9)18-2/h3-5,8,10,16H,6-7H2,1-2H3,(H,15,17). The van der Waals surface area contributed by atoms with Crippen molar-refractivity contribution >= 4 is 5.91 Å². The summed E-state index contributed by atoms with van der Waals surface area (Å²) in [6, 6.07) is 4.96. The molecule has 0 aromatic heterocycles. The van der Waals surface area contributed by atoms with Crippen molar-refractivity contribution in [2.75, 3.05) is 13.7 Å². The van der Waals surface area contributed by atoms with Crippen LogP contribution in [0.5, 0.6) is 5.75 Å². The molecule has 1 aliphatic heterocycles. The van der Waals surface area contributed by atoms with Gasteiger partial charge in [-0.3, -0.25) is 4.79 Å². The van der Waals surface area contributed by atoms with Crippen LogP contribution in [0.25, 0.3) is 0 Å². The predicted molar refractivity (Wildman–Crippen MR) is 65.9 cm³/mol. The van der Waals surface area contributed by atoms with Crippen LogP contribution in [0.2, 0.25) is 0 Å². The van der Waals surface area contributed by atoms with Gasteiger partial charge in [-0.05, 0) is 24.6 Å². The van der Waals surface area contributed by atoms with Gasteiger partial charge in [0, 0.05) is 25.0 Å². The molecule has 1 heterocycles. The zero-order valence-electron chi connectivity index (χ0n) is 10.5. The normalized spacial score (nSPS) is 20.6. The summed E-state index contributed by atoms with van der Waals surface area (Å²) in [4.78, 5) is 11.1. The van der Waals surface area contributed by atoms with E-state index in [-0.39, 0.29) is 29.6 Å². The third-order valence-corrected chi connectivity index (χ3v) is 3.14. The fraction of sp³-hybridized carbons (Fsp3) is 0.462. The molecule has 1 fully saturated rings. The first-order chi connectivity index (χ1) is 8.60. The third kappa shape index (κ3) is 2.79. The topological polar surface area (TPSA) is 50.4 Å². The summed E-state index contributed by atoms with van der Waals surface area (Å²) in [6.07, 6.45) is 0.489. The quantitative estimate of drug-likeness (QED) is 0.851. The summed E-state index contributed by atoms with van der Waals surface area (Å²) < 4.78 is 18.2. The Hall–Kier alpha value is -1.62. The van der Waals surface area contributed by atoms with E-state index in [0.29, 0.717) is 13.0 Å². The second-order valence-corrected chi connectivity index (χ2v) is 4.49. The van der Waals surface area contributed by atoms with Crippen LogP contribution in [0, 0.1) is 5.82 Å². The van der Waals surface area contributed by atoms with E-state index in [9.17, 15) is 9.18 Å². The summed E-state index contributed by atoms with van der Waals surface area (Å²) >= 11 is 0. The summed E-state index contributed by atoms with van der Waals surface area (Å²) in [5.41, 5.74) is 0.938. The Labute approximate surface area is 106 Å². The Balaban J connectivity index is 2.04. The lowest BCUT2D eigenvalue weighted by Gasteiger charge is -2.19. The number of halogens is 1. The van der Waals surface area contributed by atoms with Crippen LogP contribution in [0.3, 0.4) is 0 Å². The molecule has 98 valence electrons. The van der Waals surface area contributed by atoms with Crippen LogP contribution in [0.1, 0.15) is 24.9 Å². The van der Waals surface area contributed by atoms with E-state index in [4.69, 9.17) is 4.74 Å². The minimum Gasteiger partial charge on any atom is -0.494 e. The van der Waals surface area contributed by atoms with Crippen LogP contribution in [-0.4, -0.2) is 25.6 Å². The van der Waals surface area contributed by atoms with Crippen LogP contribution < -0.4 is 15.4 Å². The number of hydrogen-bond donors (Lipinski definition) is 2. The minimum atomic E-state index is -0.369. The van der Waals surface area contributed by atoms with Gasteiger partial charge in [0.1, 0.15) is 0 Å². The molecule has 0 radical (unpaired) electrons. The van der Waals surface area contributed by atoms with Crippen molar-refractivity contribution in [2.45, 2.75) is 25.4 Å². The second kappa shape index (κ2) is 5.35. The molecule has 1 aromatic rings. The van der Waals surface area contributed by atoms with Crippen LogP contribution in [0.15, 0.2) is 18.2 Å². The Morgan fingerprint density at radius 2 is 2.33 bits per heavy atom. The van der Waals surface area contributed by atoms with Crippen molar-refractivity contribution in [1.29, 1.82) is 0 Å². The molecule has 0 aliphatic carbocycles. The highest BCUT2D eigenvalue weighted by molar-refractivity contribution is 5.78. The zero-order chi connectivity index (χ0) is 13.1. The van der Waals surface area contributed by atoms with E-state index in [1.54, 1.807) is 12.1 Å². The fourth-order valence-corrected chi connectivity index (χ4v) is 2.12. The van der Waals surface area contributed by atoms with Crippen molar-refractivity contribution in [3.8, 4) is 5.75 Å². The second-order valence-electron chi connectivity index (χ2n) is 4.49. The van der Waals surface area contributed by atoms with Gasteiger partial charge >= 0.3 is 0 Å². The number of nitrogens with one attached hydrogen (secondary N) is 2. The molecule has 2 rings (SSSR count). The molecule has 1 aliphatic rings. The molecule has 4 nitrogen and oxygen atoms in total. The first-order valence-corrected chi connectivity index (χ1v) is 5.96. The Morgan fingerprint density at radius 3 is 2.94 bits per heavy atom. The van der Waals surface area contributed by atoms with Gasteiger partial charge in [-0.25, -0.2) is 4.39 Å². The molecule has 2 unspecified atom stereocenters. The summed E-state index contributed by atoms with van der Waals surface area (Å²) in [6.45, 7) is 2.62. The van der Waals surface area contributed by atoms with E-state index in [0.717, 1.165) is 5.56 Å². The highest BCUT2D eigenvalue weighted by atomic mass is 19.1. The number of methoxy groups -OCH3 is 1. The molecule has 5 heteroatoms. The van der Waals surface area contributed by atoms with E-state index in [1.807, 2.05) is 6.92 Å². The molecule has 1 aromatic carbocycles. The first kappa shape index (κ1) is 12.8. The number of hydrogen-bond acceptors (Lipinski definition) is 3. The van der Waals surface area contributed by atoms with Gasteiger partial charge in [0.05, 0.1) is 7.11 Å². The maximum atomic E-state index is 13.3. The van der Waals surface area contributed by atoms with Gasteiger partial charge in [-0.15, -0.1) is 0 Å². The molecule has 1 saturated heterocycles. The van der Waals surface area contributed by atoms with Gasteiger partial charge in [0.2, 0.25) is 5.91 Å². The van der Waals surface area contributed by atoms with E-state index >= 15 is 0 Å². The number of carbonyl (C=O) groups is 1. The molecule has 0 bridgehead atoms. The van der Waals surface area contributed by atoms with Gasteiger partial charge < -0.3 is 15.4 Å². The van der Waals surface area contributed by atoms with Crippen molar-refractivity contribution in [3.63, 3.8) is 0 Å². The largest absolute Gasteiger partial charge is 0.494 e. The maximum Gasteiger partial charge on any atom is 0.221 e. The van der Waals surface area contributed by atoms with Gasteiger partial charge in [-0.1, -0.05) is 6.07 Å². The smallest absolute Gasteiger partial charge is 0.221 e. The molecule has 18 heavy (non-hydrogen) atoms. The number of benzene rings is 1. The van der Waals surface area contributed by atoms with E-state index in [1.165, 1.54) is 13.2 Å². The van der Waals surface area contributed by atoms with Gasteiger partial charge in [0.25, 0.3) is 0 Å². The predicted octanol–water partition coefficient (Wildman–Crippen LogP) is 1.37. The lowest BCUT2D eigenvalue weighted by molar-refractivity contribution is -0.119. The molecule has 0 spiro atoms. The number of amides is 1. The highest BCUT2D eigenvalue weighted by Crippen LogP contribution is 2.23. The summed E-state index contributed by atoms with van der Waals surface area (Å²) in [5.74, 6) is -0.0654. The van der Waals surface area contributed by atoms with Gasteiger partial charge in [0.15, 0.2) is 11.6 Å². The average molecular weight is 252 g/mol. The summed E-state index contributed by atoms with van der Waals surface area (Å²) in [5, 5.41) is 6.11. The van der Waals surface area contributed by atoms with Crippen molar-refractivity contribution in [2.24, 2.45) is 0 Å². The Bertz CT molecular complexity index is 451. The molecule has 1 amide bonds. The monoisotopic (exact) mass is 252 g/mol. The lowest BCUT2D eigenvalue weighted by Crippen LogP contribution is -2.33. The highest BCUT2D eigenvalue weighted by Gasteiger charge is 2.23. The lowest BCUT2D eigenvalue weighted by atomic mass is 10.1. The number of rotatable bonds is 4. The molecule has 0 saturated carbocycles. The average Bonchev–Trinajstić information content (AvgIpc) is 2.75. The van der Waals surface area contributed by atoms with Crippen molar-refractivity contribution in [1.82, 2.24) is 10.6 Å². The maximum absolute atomic E-state index is 13.3. The first-order valence-electron chi connectivity index (χ1n) is 5.96. The Kier molecular flexibility index (Phi) is 3.81. The molecule has 2 atom stereocenters. The number of ether oxygens (including phenoxy) is 1. The zero-order valence-corrected chi connectivity index (χ0v) is 10.5. The number of carbonyl (C=O) groups excluding carboxylic acids is 1. The Morgan fingerprint density at radius 1 is 1.56 bits per heavy atom. The van der Waals surface area contributed by atoms with E-state index in [2.05, 4.69) is 10.6 Å². The fourth-order valence-electron chi connectivity index (χ4n) is 2.12. The molecular weight excluding hydrogens is 235 g/mol. The summed E-state index contributed by atoms with van der Waals surface area (Å²) in [7, 11) is 1.44. The van der Waals surface area contributed by atoms with Crippen molar-refractivity contribution < 1.29 is 13.9 Å². The SMILES string of the molecule is COc1cc(C(C)NC2CNC(=O)C2)ccc1F. The third-order valence-electron chi connectivity index (χ3n) is 3.14. The van der Waals surface area contributed by atoms with Gasteiger partial charge in [-0.2, -0.15) is 0 Å². The van der Waals surface area contributed by atoms with Crippen LogP contribution in [0.4, 0.5) is 4.39 Å². The van der Waals surface area contributed by atoms with Crippen LogP contribution in [-0.2, 0) is 4.79 Å². The molecule has 2 N–H and O–H groups in total. The minimum absolute atomic E-state index is 0.0391. The van der Waals surface area contributed by atoms with E-state index < -0.39 is 0 Å². The van der Waals surface area contributed by atoms with Crippen molar-refractivity contribution in [3.05, 3.63) is 29.6 Å². The van der Waals surface area contributed by atoms with Crippen LogP contribution >= 0.6 is 0 Å².